The van der Waals surface area contributed by atoms with Crippen molar-refractivity contribution < 1.29 is 5.11 Å². The number of hydrogen-bond acceptors (Lipinski definition) is 2. The summed E-state index contributed by atoms with van der Waals surface area (Å²) in [4.78, 5) is 2.09. The lowest BCUT2D eigenvalue weighted by Gasteiger charge is -2.09. The quantitative estimate of drug-likeness (QED) is 0.857. The summed E-state index contributed by atoms with van der Waals surface area (Å²) in [6.07, 6.45) is -0.631. The predicted molar refractivity (Wildman–Crippen MR) is 69.6 cm³/mol. The average Bonchev–Trinajstić information content (AvgIpc) is 2.68. The second kappa shape index (κ2) is 4.76. The Morgan fingerprint density at radius 2 is 1.88 bits per heavy atom. The SMILES string of the molecule is Cc1ccc([C@H](O)c2ccc(Cl)c(Cl)c2)s1. The van der Waals surface area contributed by atoms with Gasteiger partial charge in [0.2, 0.25) is 0 Å². The van der Waals surface area contributed by atoms with Gasteiger partial charge in [-0.1, -0.05) is 29.3 Å². The molecule has 0 fully saturated rings. The third-order valence-electron chi connectivity index (χ3n) is 2.29. The Hall–Kier alpha value is -0.540. The number of benzene rings is 1. The van der Waals surface area contributed by atoms with E-state index in [1.807, 2.05) is 19.1 Å². The molecule has 1 N–H and O–H groups in total. The van der Waals surface area contributed by atoms with Crippen LogP contribution in [0.25, 0.3) is 0 Å². The predicted octanol–water partition coefficient (Wildman–Crippen LogP) is 4.45. The maximum atomic E-state index is 10.1. The molecule has 0 spiro atoms. The summed E-state index contributed by atoms with van der Waals surface area (Å²) >= 11 is 13.3. The fourth-order valence-corrected chi connectivity index (χ4v) is 2.65. The molecule has 2 aromatic rings. The van der Waals surface area contributed by atoms with E-state index in [-0.39, 0.29) is 0 Å². The molecule has 0 aliphatic rings. The van der Waals surface area contributed by atoms with Gasteiger partial charge >= 0.3 is 0 Å². The summed E-state index contributed by atoms with van der Waals surface area (Å²) in [5.74, 6) is 0. The molecule has 0 amide bonds. The van der Waals surface area contributed by atoms with Crippen LogP contribution in [-0.4, -0.2) is 5.11 Å². The van der Waals surface area contributed by atoms with Crippen molar-refractivity contribution in [2.24, 2.45) is 0 Å². The van der Waals surface area contributed by atoms with Crippen LogP contribution < -0.4 is 0 Å². The Morgan fingerprint density at radius 1 is 1.12 bits per heavy atom. The fourth-order valence-electron chi connectivity index (χ4n) is 1.45. The van der Waals surface area contributed by atoms with Crippen LogP contribution in [0.2, 0.25) is 10.0 Å². The Morgan fingerprint density at radius 3 is 2.44 bits per heavy atom. The minimum atomic E-state index is -0.631. The molecule has 0 aliphatic carbocycles. The number of rotatable bonds is 2. The van der Waals surface area contributed by atoms with E-state index in [4.69, 9.17) is 23.2 Å². The van der Waals surface area contributed by atoms with Gasteiger partial charge in [-0.3, -0.25) is 0 Å². The summed E-state index contributed by atoms with van der Waals surface area (Å²) < 4.78 is 0. The summed E-state index contributed by atoms with van der Waals surface area (Å²) in [7, 11) is 0. The van der Waals surface area contributed by atoms with Crippen molar-refractivity contribution in [3.05, 3.63) is 55.7 Å². The van der Waals surface area contributed by atoms with Gasteiger partial charge in [0.05, 0.1) is 10.0 Å². The van der Waals surface area contributed by atoms with Gasteiger partial charge in [0.25, 0.3) is 0 Å². The van der Waals surface area contributed by atoms with E-state index in [1.165, 1.54) is 4.88 Å². The van der Waals surface area contributed by atoms with Gasteiger partial charge in [0.15, 0.2) is 0 Å². The van der Waals surface area contributed by atoms with Crippen molar-refractivity contribution in [2.75, 3.05) is 0 Å². The average molecular weight is 273 g/mol. The van der Waals surface area contributed by atoms with E-state index in [2.05, 4.69) is 0 Å². The molecule has 1 aromatic carbocycles. The molecule has 0 saturated heterocycles. The Labute approximate surface area is 108 Å². The maximum Gasteiger partial charge on any atom is 0.113 e. The van der Waals surface area contributed by atoms with Crippen LogP contribution in [0.4, 0.5) is 0 Å². The van der Waals surface area contributed by atoms with Crippen LogP contribution in [0.15, 0.2) is 30.3 Å². The van der Waals surface area contributed by atoms with Gasteiger partial charge in [-0.2, -0.15) is 0 Å². The molecule has 0 unspecified atom stereocenters. The number of thiophene rings is 1. The Balaban J connectivity index is 2.33. The van der Waals surface area contributed by atoms with Crippen molar-refractivity contribution in [1.29, 1.82) is 0 Å². The van der Waals surface area contributed by atoms with E-state index < -0.39 is 6.10 Å². The highest BCUT2D eigenvalue weighted by Crippen LogP contribution is 2.31. The molecule has 0 bridgehead atoms. The van der Waals surface area contributed by atoms with Gasteiger partial charge in [-0.25, -0.2) is 0 Å². The molecular formula is C12H10Cl2OS. The number of aryl methyl sites for hydroxylation is 1. The molecule has 1 heterocycles. The zero-order valence-electron chi connectivity index (χ0n) is 8.58. The lowest BCUT2D eigenvalue weighted by atomic mass is 10.1. The van der Waals surface area contributed by atoms with Crippen LogP contribution in [0.1, 0.15) is 21.4 Å². The third kappa shape index (κ3) is 2.41. The summed E-state index contributed by atoms with van der Waals surface area (Å²) in [5, 5.41) is 11.1. The van der Waals surface area contributed by atoms with Crippen LogP contribution in [0, 0.1) is 6.92 Å². The van der Waals surface area contributed by atoms with Crippen molar-refractivity contribution in [3.8, 4) is 0 Å². The minimum absolute atomic E-state index is 0.464. The lowest BCUT2D eigenvalue weighted by Crippen LogP contribution is -1.96. The van der Waals surface area contributed by atoms with E-state index in [1.54, 1.807) is 29.5 Å². The van der Waals surface area contributed by atoms with E-state index in [0.29, 0.717) is 10.0 Å². The molecule has 2 rings (SSSR count). The van der Waals surface area contributed by atoms with Crippen molar-refractivity contribution in [1.82, 2.24) is 0 Å². The summed E-state index contributed by atoms with van der Waals surface area (Å²) in [5.41, 5.74) is 0.760. The van der Waals surface area contributed by atoms with Gasteiger partial charge in [-0.15, -0.1) is 11.3 Å². The number of aliphatic hydroxyl groups excluding tert-OH is 1. The highest BCUT2D eigenvalue weighted by Gasteiger charge is 2.13. The lowest BCUT2D eigenvalue weighted by molar-refractivity contribution is 0.224. The van der Waals surface area contributed by atoms with Crippen molar-refractivity contribution in [2.45, 2.75) is 13.0 Å². The fraction of sp³-hybridized carbons (Fsp3) is 0.167. The highest BCUT2D eigenvalue weighted by atomic mass is 35.5. The molecule has 0 aliphatic heterocycles. The zero-order chi connectivity index (χ0) is 11.7. The normalized spacial score (nSPS) is 12.8. The summed E-state index contributed by atoms with van der Waals surface area (Å²) in [6.45, 7) is 2.01. The molecule has 0 radical (unpaired) electrons. The Bertz CT molecular complexity index is 507. The molecule has 4 heteroatoms. The third-order valence-corrected chi connectivity index (χ3v) is 4.08. The first-order valence-corrected chi connectivity index (χ1v) is 6.34. The highest BCUT2D eigenvalue weighted by molar-refractivity contribution is 7.12. The molecule has 16 heavy (non-hydrogen) atoms. The van der Waals surface area contributed by atoms with Gasteiger partial charge in [-0.05, 0) is 36.8 Å². The summed E-state index contributed by atoms with van der Waals surface area (Å²) in [6, 6.07) is 9.09. The second-order valence-electron chi connectivity index (χ2n) is 3.52. The molecule has 1 nitrogen and oxygen atoms in total. The molecule has 84 valence electrons. The number of halogens is 2. The van der Waals surface area contributed by atoms with E-state index >= 15 is 0 Å². The first-order valence-electron chi connectivity index (χ1n) is 4.77. The standard InChI is InChI=1S/C12H10Cl2OS/c1-7-2-5-11(16-7)12(15)8-3-4-9(13)10(14)6-8/h2-6,12,15H,1H3/t12-/m1/s1. The van der Waals surface area contributed by atoms with Gasteiger partial charge < -0.3 is 5.11 Å². The first-order chi connectivity index (χ1) is 7.58. The number of hydrogen-bond donors (Lipinski definition) is 1. The smallest absolute Gasteiger partial charge is 0.113 e. The molecule has 1 aromatic heterocycles. The van der Waals surface area contributed by atoms with Crippen LogP contribution in [-0.2, 0) is 0 Å². The van der Waals surface area contributed by atoms with E-state index in [9.17, 15) is 5.11 Å². The van der Waals surface area contributed by atoms with Crippen molar-refractivity contribution in [3.63, 3.8) is 0 Å². The van der Waals surface area contributed by atoms with Crippen LogP contribution >= 0.6 is 34.5 Å². The largest absolute Gasteiger partial charge is 0.383 e. The van der Waals surface area contributed by atoms with Crippen molar-refractivity contribution >= 4 is 34.5 Å². The second-order valence-corrected chi connectivity index (χ2v) is 5.66. The molecular weight excluding hydrogens is 263 g/mol. The molecule has 1 atom stereocenters. The van der Waals surface area contributed by atoms with Crippen LogP contribution in [0.5, 0.6) is 0 Å². The zero-order valence-corrected chi connectivity index (χ0v) is 10.9. The number of aliphatic hydroxyl groups is 1. The maximum absolute atomic E-state index is 10.1. The minimum Gasteiger partial charge on any atom is -0.383 e. The Kier molecular flexibility index (Phi) is 3.55. The van der Waals surface area contributed by atoms with Gasteiger partial charge in [0, 0.05) is 9.75 Å². The molecule has 0 saturated carbocycles. The first kappa shape index (κ1) is 11.9. The topological polar surface area (TPSA) is 20.2 Å². The van der Waals surface area contributed by atoms with Crippen LogP contribution in [0.3, 0.4) is 0 Å². The van der Waals surface area contributed by atoms with Gasteiger partial charge in [0.1, 0.15) is 6.10 Å². The monoisotopic (exact) mass is 272 g/mol. The van der Waals surface area contributed by atoms with E-state index in [0.717, 1.165) is 10.4 Å².